The molecule has 1 aliphatic heterocycles. The van der Waals surface area contributed by atoms with Gasteiger partial charge in [0.25, 0.3) is 11.8 Å². The topological polar surface area (TPSA) is 70.1 Å². The lowest BCUT2D eigenvalue weighted by Crippen LogP contribution is -2.30. The molecule has 0 aromatic heterocycles. The second kappa shape index (κ2) is 6.45. The van der Waals surface area contributed by atoms with Crippen LogP contribution in [-0.4, -0.2) is 23.8 Å². The molecule has 0 spiro atoms. The van der Waals surface area contributed by atoms with Gasteiger partial charge in [-0.1, -0.05) is 48.5 Å². The van der Waals surface area contributed by atoms with Gasteiger partial charge >= 0.3 is 0 Å². The number of benzene rings is 2. The van der Waals surface area contributed by atoms with Crippen LogP contribution in [0.1, 0.15) is 11.1 Å². The van der Waals surface area contributed by atoms with Crippen LogP contribution in [0.2, 0.25) is 0 Å². The molecule has 0 unspecified atom stereocenters. The highest BCUT2D eigenvalue weighted by Gasteiger charge is 2.33. The van der Waals surface area contributed by atoms with E-state index in [-0.39, 0.29) is 23.9 Å². The highest BCUT2D eigenvalue weighted by molar-refractivity contribution is 6.34. The summed E-state index contributed by atoms with van der Waals surface area (Å²) in [6, 6.07) is 16.2. The number of amides is 2. The zero-order valence-corrected chi connectivity index (χ0v) is 13.0. The van der Waals surface area contributed by atoms with Gasteiger partial charge in [-0.05, 0) is 11.6 Å². The molecule has 0 saturated heterocycles. The van der Waals surface area contributed by atoms with E-state index in [1.807, 2.05) is 30.3 Å². The highest BCUT2D eigenvalue weighted by Crippen LogP contribution is 2.31. The lowest BCUT2D eigenvalue weighted by Gasteiger charge is -2.17. The van der Waals surface area contributed by atoms with Crippen molar-refractivity contribution >= 4 is 23.1 Å². The Kier molecular flexibility index (Phi) is 4.20. The fourth-order valence-corrected chi connectivity index (χ4v) is 2.64. The molecule has 24 heavy (non-hydrogen) atoms. The fraction of sp³-hybridized carbons (Fsp3) is 0.111. The first-order chi connectivity index (χ1) is 11.6. The second-order valence-corrected chi connectivity index (χ2v) is 5.40. The monoisotopic (exact) mass is 321 g/mol. The van der Waals surface area contributed by atoms with E-state index in [4.69, 9.17) is 0 Å². The summed E-state index contributed by atoms with van der Waals surface area (Å²) in [4.78, 5) is 37.0. The van der Waals surface area contributed by atoms with Crippen LogP contribution in [0.25, 0.3) is 5.57 Å². The normalized spacial score (nSPS) is 13.9. The number of carbonyl (C=O) groups excluding carboxylic acids is 2. The third-order valence-electron chi connectivity index (χ3n) is 3.86. The second-order valence-electron chi connectivity index (χ2n) is 5.40. The number of carbonyl (C=O) groups is 2. The molecule has 0 fully saturated rings. The Balaban J connectivity index is 1.92. The number of rotatable bonds is 5. The maximum absolute atomic E-state index is 12.7. The Hall–Kier alpha value is -3.28. The number of hydrogen-bond acceptors (Lipinski definition) is 4. The Morgan fingerprint density at radius 3 is 2.38 bits per heavy atom. The van der Waals surface area contributed by atoms with Crippen LogP contribution < -0.4 is 5.01 Å². The van der Waals surface area contributed by atoms with E-state index in [1.165, 1.54) is 18.0 Å². The summed E-state index contributed by atoms with van der Waals surface area (Å²) in [7, 11) is 1.50. The molecule has 0 bridgehead atoms. The maximum Gasteiger partial charge on any atom is 0.261 e. The van der Waals surface area contributed by atoms with Gasteiger partial charge in [-0.15, -0.1) is 4.91 Å². The molecule has 0 aliphatic carbocycles. The van der Waals surface area contributed by atoms with Gasteiger partial charge in [-0.2, -0.15) is 0 Å². The lowest BCUT2D eigenvalue weighted by molar-refractivity contribution is -0.137. The lowest BCUT2D eigenvalue weighted by atomic mass is 10.0. The van der Waals surface area contributed by atoms with Gasteiger partial charge < -0.3 is 0 Å². The van der Waals surface area contributed by atoms with Crippen molar-refractivity contribution in [2.75, 3.05) is 12.1 Å². The molecular weight excluding hydrogens is 306 g/mol. The Bertz CT molecular complexity index is 830. The van der Waals surface area contributed by atoms with Crippen LogP contribution in [0, 0.1) is 4.91 Å². The number of imide groups is 1. The molecule has 1 heterocycles. The number of para-hydroxylation sites is 1. The quantitative estimate of drug-likeness (QED) is 0.482. The van der Waals surface area contributed by atoms with Gasteiger partial charge in [0.1, 0.15) is 0 Å². The molecule has 2 aromatic carbocycles. The summed E-state index contributed by atoms with van der Waals surface area (Å²) in [5, 5.41) is 4.00. The molecule has 1 aliphatic rings. The molecule has 120 valence electrons. The van der Waals surface area contributed by atoms with E-state index in [0.717, 1.165) is 10.6 Å². The summed E-state index contributed by atoms with van der Waals surface area (Å²) in [6.45, 7) is 0.211. The molecular formula is C18H15N3O3. The van der Waals surface area contributed by atoms with E-state index < -0.39 is 0 Å². The van der Waals surface area contributed by atoms with E-state index >= 15 is 0 Å². The zero-order chi connectivity index (χ0) is 17.1. The highest BCUT2D eigenvalue weighted by atomic mass is 16.3. The van der Waals surface area contributed by atoms with Crippen LogP contribution in [-0.2, 0) is 16.1 Å². The van der Waals surface area contributed by atoms with Crippen LogP contribution in [0.5, 0.6) is 0 Å². The van der Waals surface area contributed by atoms with Gasteiger partial charge in [0, 0.05) is 18.7 Å². The third-order valence-corrected chi connectivity index (χ3v) is 3.86. The molecule has 0 atom stereocenters. The van der Waals surface area contributed by atoms with Crippen LogP contribution in [0.15, 0.2) is 66.0 Å². The van der Waals surface area contributed by atoms with Gasteiger partial charge in [-0.3, -0.25) is 14.5 Å². The largest absolute Gasteiger partial charge is 0.270 e. The van der Waals surface area contributed by atoms with Crippen molar-refractivity contribution in [3.8, 4) is 0 Å². The van der Waals surface area contributed by atoms with E-state index in [2.05, 4.69) is 5.29 Å². The average molecular weight is 321 g/mol. The van der Waals surface area contributed by atoms with Gasteiger partial charge in [0.2, 0.25) is 0 Å². The molecule has 6 heteroatoms. The van der Waals surface area contributed by atoms with Gasteiger partial charge in [0.05, 0.1) is 23.1 Å². The Labute approximate surface area is 138 Å². The Morgan fingerprint density at radius 2 is 1.67 bits per heavy atom. The van der Waals surface area contributed by atoms with Crippen molar-refractivity contribution in [3.63, 3.8) is 0 Å². The first-order valence-electron chi connectivity index (χ1n) is 7.39. The number of nitrogens with zero attached hydrogens (tertiary/aromatic N) is 3. The minimum atomic E-state index is -0.379. The first kappa shape index (κ1) is 15.6. The summed E-state index contributed by atoms with van der Waals surface area (Å²) < 4.78 is 0. The first-order valence-corrected chi connectivity index (χ1v) is 7.39. The number of hydrogen-bond donors (Lipinski definition) is 0. The molecule has 0 N–H and O–H groups in total. The molecule has 6 nitrogen and oxygen atoms in total. The van der Waals surface area contributed by atoms with Crippen LogP contribution in [0.3, 0.4) is 0 Å². The van der Waals surface area contributed by atoms with E-state index in [0.29, 0.717) is 11.3 Å². The average Bonchev–Trinajstić information content (AvgIpc) is 2.90. The SMILES string of the molecule is CN(N=O)c1ccccc1C1=CC(=O)N(Cc2ccccc2)C1=O. The van der Waals surface area contributed by atoms with Crippen LogP contribution >= 0.6 is 0 Å². The zero-order valence-electron chi connectivity index (χ0n) is 13.0. The minimum Gasteiger partial charge on any atom is -0.270 e. The van der Waals surface area contributed by atoms with Crippen molar-refractivity contribution in [2.45, 2.75) is 6.54 Å². The molecule has 3 rings (SSSR count). The summed E-state index contributed by atoms with van der Waals surface area (Å²) in [6.07, 6.45) is 1.31. The smallest absolute Gasteiger partial charge is 0.261 e. The molecule has 2 aromatic rings. The molecule has 0 saturated carbocycles. The predicted molar refractivity (Wildman–Crippen MR) is 90.6 cm³/mol. The van der Waals surface area contributed by atoms with Crippen LogP contribution in [0.4, 0.5) is 5.69 Å². The fourth-order valence-electron chi connectivity index (χ4n) is 2.64. The van der Waals surface area contributed by atoms with Gasteiger partial charge in [-0.25, -0.2) is 5.01 Å². The maximum atomic E-state index is 12.7. The number of nitroso groups, excluding NO2 is 1. The van der Waals surface area contributed by atoms with Crippen molar-refractivity contribution in [2.24, 2.45) is 5.29 Å². The third kappa shape index (κ3) is 2.81. The summed E-state index contributed by atoms with van der Waals surface area (Å²) in [5.74, 6) is -0.744. The molecule has 0 radical (unpaired) electrons. The molecule has 2 amide bonds. The Morgan fingerprint density at radius 1 is 1.00 bits per heavy atom. The van der Waals surface area contributed by atoms with Crippen molar-refractivity contribution in [1.82, 2.24) is 4.90 Å². The van der Waals surface area contributed by atoms with Crippen molar-refractivity contribution < 1.29 is 9.59 Å². The minimum absolute atomic E-state index is 0.211. The summed E-state index contributed by atoms with van der Waals surface area (Å²) >= 11 is 0. The summed E-state index contributed by atoms with van der Waals surface area (Å²) in [5.41, 5.74) is 2.12. The van der Waals surface area contributed by atoms with Crippen molar-refractivity contribution in [3.05, 3.63) is 76.7 Å². The van der Waals surface area contributed by atoms with E-state index in [9.17, 15) is 14.5 Å². The predicted octanol–water partition coefficient (Wildman–Crippen LogP) is 2.76. The van der Waals surface area contributed by atoms with Crippen molar-refractivity contribution in [1.29, 1.82) is 0 Å². The van der Waals surface area contributed by atoms with E-state index in [1.54, 1.807) is 24.3 Å². The van der Waals surface area contributed by atoms with Gasteiger partial charge in [0.15, 0.2) is 0 Å². The standard InChI is InChI=1S/C18H15N3O3/c1-20(19-24)16-10-6-5-9-14(16)15-11-17(22)21(18(15)23)12-13-7-3-2-4-8-13/h2-11H,12H2,1H3. The number of anilines is 1.